The summed E-state index contributed by atoms with van der Waals surface area (Å²) in [5, 5.41) is 10.7. The standard InChI is InChI=1S/C23H37NO4/c1-7-11-21(14-15-27-23(26)24(17(2)3)18(4)5)22(25)19(6)28-16-20-12-9-8-10-13-20/h8-10,12-15,17-19,21-22,25H,7,11,16H2,1-6H3/b15-14-/t19-,21-,22+/m0/s1. The van der Waals surface area contributed by atoms with E-state index in [0.717, 1.165) is 18.4 Å². The number of ether oxygens (including phenoxy) is 2. The lowest BCUT2D eigenvalue weighted by atomic mass is 9.94. The summed E-state index contributed by atoms with van der Waals surface area (Å²) in [6.07, 6.45) is 3.49. The molecule has 0 fully saturated rings. The van der Waals surface area contributed by atoms with Gasteiger partial charge in [0.05, 0.1) is 25.1 Å². The zero-order valence-corrected chi connectivity index (χ0v) is 18.2. The fourth-order valence-electron chi connectivity index (χ4n) is 3.24. The Morgan fingerprint density at radius 1 is 1.11 bits per heavy atom. The number of carbonyl (C=O) groups excluding carboxylic acids is 1. The van der Waals surface area contributed by atoms with Crippen molar-refractivity contribution in [1.82, 2.24) is 4.90 Å². The number of rotatable bonds is 11. The summed E-state index contributed by atoms with van der Waals surface area (Å²) in [6.45, 7) is 12.2. The molecule has 0 unspecified atom stereocenters. The number of amides is 1. The van der Waals surface area contributed by atoms with E-state index in [2.05, 4.69) is 6.92 Å². The number of aliphatic hydroxyl groups excluding tert-OH is 1. The molecule has 0 heterocycles. The van der Waals surface area contributed by atoms with Gasteiger partial charge in [0.15, 0.2) is 0 Å². The van der Waals surface area contributed by atoms with Crippen molar-refractivity contribution in [3.8, 4) is 0 Å². The number of nitrogens with zero attached hydrogens (tertiary/aromatic N) is 1. The van der Waals surface area contributed by atoms with Crippen LogP contribution in [-0.4, -0.2) is 40.4 Å². The summed E-state index contributed by atoms with van der Waals surface area (Å²) in [5.74, 6) is -0.143. The first kappa shape index (κ1) is 24.2. The highest BCUT2D eigenvalue weighted by Gasteiger charge is 2.24. The van der Waals surface area contributed by atoms with Crippen molar-refractivity contribution in [2.75, 3.05) is 0 Å². The lowest BCUT2D eigenvalue weighted by Crippen LogP contribution is -2.41. The van der Waals surface area contributed by atoms with Crippen molar-refractivity contribution in [3.63, 3.8) is 0 Å². The molecule has 3 atom stereocenters. The van der Waals surface area contributed by atoms with Gasteiger partial charge in [0.25, 0.3) is 0 Å². The van der Waals surface area contributed by atoms with Crippen LogP contribution in [0.4, 0.5) is 4.79 Å². The molecule has 0 aromatic heterocycles. The molecule has 5 nitrogen and oxygen atoms in total. The first-order chi connectivity index (χ1) is 13.3. The van der Waals surface area contributed by atoms with Gasteiger partial charge in [-0.25, -0.2) is 4.79 Å². The molecular formula is C23H37NO4. The molecule has 0 radical (unpaired) electrons. The Morgan fingerprint density at radius 3 is 2.25 bits per heavy atom. The minimum Gasteiger partial charge on any atom is -0.418 e. The maximum Gasteiger partial charge on any atom is 0.415 e. The molecule has 158 valence electrons. The average Bonchev–Trinajstić information content (AvgIpc) is 2.65. The normalized spacial score (nSPS) is 15.0. The summed E-state index contributed by atoms with van der Waals surface area (Å²) >= 11 is 0. The third-order valence-corrected chi connectivity index (χ3v) is 4.72. The van der Waals surface area contributed by atoms with Crippen molar-refractivity contribution in [2.45, 2.75) is 85.3 Å². The molecule has 28 heavy (non-hydrogen) atoms. The fraction of sp³-hybridized carbons (Fsp3) is 0.609. The van der Waals surface area contributed by atoms with Crippen LogP contribution in [0.3, 0.4) is 0 Å². The van der Waals surface area contributed by atoms with Crippen LogP contribution in [0.1, 0.15) is 59.9 Å². The van der Waals surface area contributed by atoms with E-state index in [0.29, 0.717) is 6.61 Å². The zero-order valence-electron chi connectivity index (χ0n) is 18.2. The minimum absolute atomic E-state index is 0.0596. The van der Waals surface area contributed by atoms with Crippen LogP contribution in [0.15, 0.2) is 42.7 Å². The van der Waals surface area contributed by atoms with E-state index in [1.54, 1.807) is 11.0 Å². The highest BCUT2D eigenvalue weighted by Crippen LogP contribution is 2.19. The zero-order chi connectivity index (χ0) is 21.1. The molecule has 5 heteroatoms. The van der Waals surface area contributed by atoms with E-state index in [4.69, 9.17) is 9.47 Å². The van der Waals surface area contributed by atoms with Crippen LogP contribution >= 0.6 is 0 Å². The topological polar surface area (TPSA) is 59.0 Å². The fourth-order valence-corrected chi connectivity index (χ4v) is 3.24. The first-order valence-corrected chi connectivity index (χ1v) is 10.3. The van der Waals surface area contributed by atoms with Crippen LogP contribution in [0.25, 0.3) is 0 Å². The number of hydrogen-bond acceptors (Lipinski definition) is 4. The maximum absolute atomic E-state index is 12.3. The molecule has 1 rings (SSSR count). The first-order valence-electron chi connectivity index (χ1n) is 10.3. The molecular weight excluding hydrogens is 354 g/mol. The quantitative estimate of drug-likeness (QED) is 0.531. The summed E-state index contributed by atoms with van der Waals surface area (Å²) in [7, 11) is 0. The van der Waals surface area contributed by atoms with E-state index in [9.17, 15) is 9.90 Å². The van der Waals surface area contributed by atoms with Gasteiger partial charge in [0, 0.05) is 18.0 Å². The SMILES string of the molecule is CCC[C@@H](/C=C\OC(=O)N(C(C)C)C(C)C)[C@H](O)[C@H](C)OCc1ccccc1. The van der Waals surface area contributed by atoms with Gasteiger partial charge in [-0.3, -0.25) is 0 Å². The lowest BCUT2D eigenvalue weighted by molar-refractivity contribution is -0.0530. The highest BCUT2D eigenvalue weighted by atomic mass is 16.5. The lowest BCUT2D eigenvalue weighted by Gasteiger charge is -2.29. The van der Waals surface area contributed by atoms with Gasteiger partial charge in [-0.05, 0) is 52.7 Å². The number of carbonyl (C=O) groups is 1. The van der Waals surface area contributed by atoms with Crippen LogP contribution < -0.4 is 0 Å². The average molecular weight is 392 g/mol. The second kappa shape index (κ2) is 12.6. The van der Waals surface area contributed by atoms with E-state index >= 15 is 0 Å². The third-order valence-electron chi connectivity index (χ3n) is 4.72. The van der Waals surface area contributed by atoms with Gasteiger partial charge < -0.3 is 19.5 Å². The summed E-state index contributed by atoms with van der Waals surface area (Å²) in [5.41, 5.74) is 1.07. The second-order valence-corrected chi connectivity index (χ2v) is 7.75. The van der Waals surface area contributed by atoms with Crippen LogP contribution in [0, 0.1) is 5.92 Å². The maximum atomic E-state index is 12.3. The molecule has 0 aliphatic rings. The summed E-state index contributed by atoms with van der Waals surface area (Å²) < 4.78 is 11.2. The van der Waals surface area contributed by atoms with Gasteiger partial charge in [-0.1, -0.05) is 43.7 Å². The Kier molecular flexibility index (Phi) is 10.9. The van der Waals surface area contributed by atoms with E-state index in [1.807, 2.05) is 65.0 Å². The van der Waals surface area contributed by atoms with Crippen LogP contribution in [-0.2, 0) is 16.1 Å². The van der Waals surface area contributed by atoms with Crippen molar-refractivity contribution in [3.05, 3.63) is 48.2 Å². The molecule has 0 saturated carbocycles. The number of benzene rings is 1. The predicted octanol–water partition coefficient (Wildman–Crippen LogP) is 5.14. The second-order valence-electron chi connectivity index (χ2n) is 7.75. The number of hydrogen-bond donors (Lipinski definition) is 1. The van der Waals surface area contributed by atoms with Gasteiger partial charge in [0.2, 0.25) is 0 Å². The van der Waals surface area contributed by atoms with Crippen LogP contribution in [0.5, 0.6) is 0 Å². The van der Waals surface area contributed by atoms with Gasteiger partial charge in [-0.15, -0.1) is 0 Å². The molecule has 0 saturated heterocycles. The van der Waals surface area contributed by atoms with E-state index in [1.165, 1.54) is 6.26 Å². The van der Waals surface area contributed by atoms with Crippen molar-refractivity contribution in [2.24, 2.45) is 5.92 Å². The minimum atomic E-state index is -0.676. The van der Waals surface area contributed by atoms with Gasteiger partial charge >= 0.3 is 6.09 Å². The molecule has 0 spiro atoms. The van der Waals surface area contributed by atoms with E-state index < -0.39 is 6.10 Å². The summed E-state index contributed by atoms with van der Waals surface area (Å²) in [6, 6.07) is 10.0. The summed E-state index contributed by atoms with van der Waals surface area (Å²) in [4.78, 5) is 14.0. The largest absolute Gasteiger partial charge is 0.418 e. The Balaban J connectivity index is 2.64. The molecule has 1 aromatic rings. The van der Waals surface area contributed by atoms with E-state index in [-0.39, 0.29) is 30.2 Å². The monoisotopic (exact) mass is 391 g/mol. The van der Waals surface area contributed by atoms with Crippen molar-refractivity contribution in [1.29, 1.82) is 0 Å². The number of aliphatic hydroxyl groups is 1. The predicted molar refractivity (Wildman–Crippen MR) is 113 cm³/mol. The molecule has 0 aliphatic carbocycles. The highest BCUT2D eigenvalue weighted by molar-refractivity contribution is 5.68. The van der Waals surface area contributed by atoms with Crippen molar-refractivity contribution >= 4 is 6.09 Å². The molecule has 1 aromatic carbocycles. The van der Waals surface area contributed by atoms with Crippen molar-refractivity contribution < 1.29 is 19.4 Å². The molecule has 0 aliphatic heterocycles. The Morgan fingerprint density at radius 2 is 1.71 bits per heavy atom. The Hall–Kier alpha value is -1.85. The van der Waals surface area contributed by atoms with Crippen LogP contribution in [0.2, 0.25) is 0 Å². The Labute approximate surface area is 170 Å². The van der Waals surface area contributed by atoms with Gasteiger partial charge in [0.1, 0.15) is 0 Å². The molecule has 0 bridgehead atoms. The van der Waals surface area contributed by atoms with Gasteiger partial charge in [-0.2, -0.15) is 0 Å². The Bertz CT molecular complexity index is 578. The smallest absolute Gasteiger partial charge is 0.415 e. The molecule has 1 amide bonds. The third kappa shape index (κ3) is 8.03. The molecule has 1 N–H and O–H groups in total.